The minimum absolute atomic E-state index is 0. The Hall–Kier alpha value is -0.570. The standard InChI is InChI=1S/C20H30ClN3O2.HI/c1-2-22-19(23-11-3-12-26-18-8-13-25-14-18)24-15-20(9-10-20)16-4-6-17(21)7-5-16;/h4-7,18H,2-3,8-15H2,1H3,(H2,22,23,24);1H. The van der Waals surface area contributed by atoms with Gasteiger partial charge in [0.15, 0.2) is 5.96 Å². The molecule has 1 aromatic carbocycles. The zero-order valence-corrected chi connectivity index (χ0v) is 19.1. The van der Waals surface area contributed by atoms with Gasteiger partial charge in [-0.3, -0.25) is 4.99 Å². The second-order valence-electron chi connectivity index (χ2n) is 7.12. The summed E-state index contributed by atoms with van der Waals surface area (Å²) in [6.07, 6.45) is 4.64. The summed E-state index contributed by atoms with van der Waals surface area (Å²) >= 11 is 6.01. The molecule has 0 radical (unpaired) electrons. The summed E-state index contributed by atoms with van der Waals surface area (Å²) in [7, 11) is 0. The van der Waals surface area contributed by atoms with Crippen LogP contribution in [0.25, 0.3) is 0 Å². The number of hydrogen-bond acceptors (Lipinski definition) is 3. The van der Waals surface area contributed by atoms with Crippen molar-refractivity contribution in [1.29, 1.82) is 0 Å². The van der Waals surface area contributed by atoms with Crippen LogP contribution in [0.1, 0.15) is 38.2 Å². The van der Waals surface area contributed by atoms with Crippen molar-refractivity contribution in [3.63, 3.8) is 0 Å². The molecule has 1 heterocycles. The number of ether oxygens (including phenoxy) is 2. The first-order valence-corrected chi connectivity index (χ1v) is 10.1. The van der Waals surface area contributed by atoms with Gasteiger partial charge in [-0.2, -0.15) is 0 Å². The first kappa shape index (κ1) is 22.7. The number of guanidine groups is 1. The van der Waals surface area contributed by atoms with Crippen molar-refractivity contribution in [1.82, 2.24) is 10.6 Å². The quantitative estimate of drug-likeness (QED) is 0.231. The van der Waals surface area contributed by atoms with Crippen LogP contribution >= 0.6 is 35.6 Å². The third-order valence-corrected chi connectivity index (χ3v) is 5.30. The first-order chi connectivity index (χ1) is 12.7. The van der Waals surface area contributed by atoms with Gasteiger partial charge in [0.1, 0.15) is 0 Å². The van der Waals surface area contributed by atoms with Crippen molar-refractivity contribution in [2.24, 2.45) is 4.99 Å². The van der Waals surface area contributed by atoms with Crippen LogP contribution in [0.2, 0.25) is 5.02 Å². The molecule has 1 unspecified atom stereocenters. The molecule has 2 fully saturated rings. The van der Waals surface area contributed by atoms with E-state index in [9.17, 15) is 0 Å². The number of benzene rings is 1. The van der Waals surface area contributed by atoms with E-state index in [2.05, 4.69) is 29.7 Å². The Morgan fingerprint density at radius 2 is 2.07 bits per heavy atom. The molecule has 0 bridgehead atoms. The third kappa shape index (κ3) is 7.07. The van der Waals surface area contributed by atoms with E-state index in [-0.39, 0.29) is 35.5 Å². The van der Waals surface area contributed by atoms with Crippen LogP contribution in [0.5, 0.6) is 0 Å². The van der Waals surface area contributed by atoms with Crippen molar-refractivity contribution < 1.29 is 9.47 Å². The SMILES string of the molecule is CCNC(=NCC1(c2ccc(Cl)cc2)CC1)NCCCOC1CCOC1.I. The summed E-state index contributed by atoms with van der Waals surface area (Å²) in [5.41, 5.74) is 1.53. The average molecular weight is 508 g/mol. The fraction of sp³-hybridized carbons (Fsp3) is 0.650. The van der Waals surface area contributed by atoms with Gasteiger partial charge in [0, 0.05) is 36.7 Å². The van der Waals surface area contributed by atoms with E-state index < -0.39 is 0 Å². The van der Waals surface area contributed by atoms with Crippen LogP contribution in [0.3, 0.4) is 0 Å². The fourth-order valence-electron chi connectivity index (χ4n) is 3.24. The van der Waals surface area contributed by atoms with Crippen molar-refractivity contribution in [2.45, 2.75) is 44.1 Å². The lowest BCUT2D eigenvalue weighted by molar-refractivity contribution is 0.0420. The Morgan fingerprint density at radius 1 is 1.30 bits per heavy atom. The smallest absolute Gasteiger partial charge is 0.191 e. The van der Waals surface area contributed by atoms with Gasteiger partial charge < -0.3 is 20.1 Å². The third-order valence-electron chi connectivity index (χ3n) is 5.05. The molecule has 0 spiro atoms. The number of nitrogens with zero attached hydrogens (tertiary/aromatic N) is 1. The van der Waals surface area contributed by atoms with Gasteiger partial charge in [0.25, 0.3) is 0 Å². The number of nitrogens with one attached hydrogen (secondary N) is 2. The molecule has 1 aliphatic carbocycles. The lowest BCUT2D eigenvalue weighted by atomic mass is 9.96. The Labute approximate surface area is 184 Å². The van der Waals surface area contributed by atoms with Crippen LogP contribution in [-0.4, -0.2) is 51.5 Å². The molecule has 1 atom stereocenters. The van der Waals surface area contributed by atoms with Crippen LogP contribution in [0.4, 0.5) is 0 Å². The molecule has 152 valence electrons. The topological polar surface area (TPSA) is 54.9 Å². The summed E-state index contributed by atoms with van der Waals surface area (Å²) in [6, 6.07) is 8.21. The maximum Gasteiger partial charge on any atom is 0.191 e. The van der Waals surface area contributed by atoms with E-state index in [1.54, 1.807) is 0 Å². The Balaban J connectivity index is 0.00000261. The molecule has 5 nitrogen and oxygen atoms in total. The van der Waals surface area contributed by atoms with Crippen molar-refractivity contribution in [3.05, 3.63) is 34.9 Å². The summed E-state index contributed by atoms with van der Waals surface area (Å²) in [5.74, 6) is 0.886. The van der Waals surface area contributed by atoms with Gasteiger partial charge in [-0.1, -0.05) is 23.7 Å². The summed E-state index contributed by atoms with van der Waals surface area (Å²) in [6.45, 7) is 6.93. The number of rotatable bonds is 9. The van der Waals surface area contributed by atoms with Gasteiger partial charge in [-0.25, -0.2) is 0 Å². The molecule has 0 amide bonds. The van der Waals surface area contributed by atoms with Crippen LogP contribution < -0.4 is 10.6 Å². The second-order valence-corrected chi connectivity index (χ2v) is 7.56. The van der Waals surface area contributed by atoms with Gasteiger partial charge in [-0.05, 0) is 50.3 Å². The molecule has 0 aromatic heterocycles. The Bertz CT molecular complexity index is 587. The van der Waals surface area contributed by atoms with Gasteiger partial charge in [0.05, 0.1) is 19.3 Å². The Morgan fingerprint density at radius 3 is 2.70 bits per heavy atom. The number of halogens is 2. The van der Waals surface area contributed by atoms with Gasteiger partial charge >= 0.3 is 0 Å². The van der Waals surface area contributed by atoms with E-state index in [0.717, 1.165) is 63.3 Å². The van der Waals surface area contributed by atoms with E-state index >= 15 is 0 Å². The largest absolute Gasteiger partial charge is 0.379 e. The van der Waals surface area contributed by atoms with Crippen LogP contribution in [0.15, 0.2) is 29.3 Å². The van der Waals surface area contributed by atoms with Crippen LogP contribution in [0, 0.1) is 0 Å². The normalized spacial score (nSPS) is 20.8. The average Bonchev–Trinajstić information content (AvgIpc) is 3.26. The molecule has 2 N–H and O–H groups in total. The van der Waals surface area contributed by atoms with Crippen molar-refractivity contribution >= 4 is 41.5 Å². The lowest BCUT2D eigenvalue weighted by Crippen LogP contribution is -2.38. The van der Waals surface area contributed by atoms with Gasteiger partial charge in [-0.15, -0.1) is 24.0 Å². The summed E-state index contributed by atoms with van der Waals surface area (Å²) < 4.78 is 11.1. The van der Waals surface area contributed by atoms with E-state index in [4.69, 9.17) is 26.1 Å². The molecule has 3 rings (SSSR count). The molecule has 2 aliphatic rings. The molecule has 1 aliphatic heterocycles. The summed E-state index contributed by atoms with van der Waals surface area (Å²) in [5, 5.41) is 7.53. The zero-order valence-electron chi connectivity index (χ0n) is 16.0. The highest BCUT2D eigenvalue weighted by Gasteiger charge is 2.44. The molecule has 1 saturated heterocycles. The maximum absolute atomic E-state index is 6.01. The molecule has 1 saturated carbocycles. The summed E-state index contributed by atoms with van der Waals surface area (Å²) in [4.78, 5) is 4.82. The van der Waals surface area contributed by atoms with Crippen molar-refractivity contribution in [3.8, 4) is 0 Å². The molecule has 27 heavy (non-hydrogen) atoms. The van der Waals surface area contributed by atoms with Crippen molar-refractivity contribution in [2.75, 3.05) is 39.5 Å². The minimum Gasteiger partial charge on any atom is -0.379 e. The molecular weight excluding hydrogens is 477 g/mol. The molecule has 7 heteroatoms. The zero-order chi connectivity index (χ0) is 18.2. The monoisotopic (exact) mass is 507 g/mol. The Kier molecular flexibility index (Phi) is 9.62. The maximum atomic E-state index is 6.01. The first-order valence-electron chi connectivity index (χ1n) is 9.69. The predicted octanol–water partition coefficient (Wildman–Crippen LogP) is 3.74. The van der Waals surface area contributed by atoms with Gasteiger partial charge in [0.2, 0.25) is 0 Å². The second kappa shape index (κ2) is 11.4. The minimum atomic E-state index is 0. The molecular formula is C20H31ClIN3O2. The lowest BCUT2D eigenvalue weighted by Gasteiger charge is -2.16. The fourth-order valence-corrected chi connectivity index (χ4v) is 3.36. The highest BCUT2D eigenvalue weighted by atomic mass is 127. The van der Waals surface area contributed by atoms with E-state index in [0.29, 0.717) is 0 Å². The number of aliphatic imine (C=N–C) groups is 1. The van der Waals surface area contributed by atoms with Crippen LogP contribution in [-0.2, 0) is 14.9 Å². The number of hydrogen-bond donors (Lipinski definition) is 2. The molecule has 1 aromatic rings. The highest BCUT2D eigenvalue weighted by Crippen LogP contribution is 2.48. The van der Waals surface area contributed by atoms with E-state index in [1.165, 1.54) is 18.4 Å². The predicted molar refractivity (Wildman–Crippen MR) is 122 cm³/mol. The highest BCUT2D eigenvalue weighted by molar-refractivity contribution is 14.0. The van der Waals surface area contributed by atoms with E-state index in [1.807, 2.05) is 12.1 Å².